The third-order valence-corrected chi connectivity index (χ3v) is 4.92. The summed E-state index contributed by atoms with van der Waals surface area (Å²) >= 11 is 0. The van der Waals surface area contributed by atoms with Crippen LogP contribution in [0.3, 0.4) is 0 Å². The second-order valence-electron chi connectivity index (χ2n) is 6.99. The van der Waals surface area contributed by atoms with Crippen LogP contribution in [0.2, 0.25) is 0 Å². The van der Waals surface area contributed by atoms with Crippen LogP contribution in [-0.4, -0.2) is 13.0 Å². The van der Waals surface area contributed by atoms with Crippen molar-refractivity contribution in [2.24, 2.45) is 0 Å². The minimum atomic E-state index is -4.41. The van der Waals surface area contributed by atoms with Gasteiger partial charge in [0.15, 0.2) is 11.5 Å². The summed E-state index contributed by atoms with van der Waals surface area (Å²) < 4.78 is 49.8. The number of fused-ring (bicyclic) bond motifs is 1. The Bertz CT molecular complexity index is 1120. The van der Waals surface area contributed by atoms with Crippen molar-refractivity contribution in [1.29, 1.82) is 0 Å². The number of hydrogen-bond acceptors (Lipinski definition) is 4. The van der Waals surface area contributed by atoms with Gasteiger partial charge in [-0.1, -0.05) is 30.3 Å². The Morgan fingerprint density at radius 2 is 1.74 bits per heavy atom. The van der Waals surface area contributed by atoms with Crippen LogP contribution in [0.4, 0.5) is 18.9 Å². The molecule has 5 nitrogen and oxygen atoms in total. The lowest BCUT2D eigenvalue weighted by atomic mass is 10.1. The number of rotatable bonds is 5. The second-order valence-corrected chi connectivity index (χ2v) is 6.99. The first-order valence-corrected chi connectivity index (χ1v) is 9.48. The molecule has 3 aromatic rings. The van der Waals surface area contributed by atoms with Crippen molar-refractivity contribution in [2.45, 2.75) is 18.9 Å². The number of para-hydroxylation sites is 1. The predicted octanol–water partition coefficient (Wildman–Crippen LogP) is 5.15. The van der Waals surface area contributed by atoms with Gasteiger partial charge in [0.05, 0.1) is 18.2 Å². The predicted molar refractivity (Wildman–Crippen MR) is 109 cm³/mol. The smallest absolute Gasteiger partial charge is 0.416 e. The van der Waals surface area contributed by atoms with Gasteiger partial charge in [0.2, 0.25) is 0 Å². The molecule has 1 aliphatic rings. The van der Waals surface area contributed by atoms with Gasteiger partial charge in [-0.2, -0.15) is 13.2 Å². The molecule has 4 rings (SSSR count). The molecule has 1 aliphatic heterocycles. The molecule has 0 unspecified atom stereocenters. The summed E-state index contributed by atoms with van der Waals surface area (Å²) in [5.74, 6) is 0.591. The molecular formula is C23H19F3N2O3. The standard InChI is InChI=1S/C23H19F3N2O3/c1-30-20-12-15(21-27-18-8-3-2-7-17(18)22(29)28-21)9-10-19(20)31-13-14-5-4-6-16(11-14)23(24,25)26/h2-12,21,27H,13H2,1H3,(H,28,29)/t21-/m1/s1. The molecule has 31 heavy (non-hydrogen) atoms. The van der Waals surface area contributed by atoms with Crippen LogP contribution in [0, 0.1) is 0 Å². The number of anilines is 1. The molecule has 0 fully saturated rings. The van der Waals surface area contributed by atoms with Crippen LogP contribution in [-0.2, 0) is 12.8 Å². The van der Waals surface area contributed by atoms with E-state index < -0.39 is 17.9 Å². The number of methoxy groups -OCH3 is 1. The number of halogens is 3. The van der Waals surface area contributed by atoms with Gasteiger partial charge in [-0.05, 0) is 47.5 Å². The Hall–Kier alpha value is -3.68. The normalized spacial score (nSPS) is 15.5. The van der Waals surface area contributed by atoms with Crippen molar-refractivity contribution in [3.8, 4) is 11.5 Å². The van der Waals surface area contributed by atoms with Gasteiger partial charge in [-0.25, -0.2) is 0 Å². The van der Waals surface area contributed by atoms with Crippen LogP contribution in [0.1, 0.15) is 33.2 Å². The van der Waals surface area contributed by atoms with Gasteiger partial charge in [0.25, 0.3) is 5.91 Å². The number of hydrogen-bond donors (Lipinski definition) is 2. The third-order valence-electron chi connectivity index (χ3n) is 4.92. The van der Waals surface area contributed by atoms with E-state index in [1.54, 1.807) is 36.4 Å². The van der Waals surface area contributed by atoms with E-state index in [4.69, 9.17) is 9.47 Å². The first-order chi connectivity index (χ1) is 14.8. The Labute approximate surface area is 176 Å². The molecule has 0 spiro atoms. The highest BCUT2D eigenvalue weighted by Crippen LogP contribution is 2.34. The average Bonchev–Trinajstić information content (AvgIpc) is 2.77. The molecule has 0 saturated carbocycles. The highest BCUT2D eigenvalue weighted by molar-refractivity contribution is 6.01. The summed E-state index contributed by atoms with van der Waals surface area (Å²) in [6, 6.07) is 17.3. The number of amides is 1. The van der Waals surface area contributed by atoms with Gasteiger partial charge < -0.3 is 20.1 Å². The highest BCUT2D eigenvalue weighted by atomic mass is 19.4. The number of carbonyl (C=O) groups is 1. The van der Waals surface area contributed by atoms with Crippen molar-refractivity contribution in [3.05, 3.63) is 89.0 Å². The van der Waals surface area contributed by atoms with E-state index in [-0.39, 0.29) is 12.5 Å². The van der Waals surface area contributed by atoms with Gasteiger partial charge in [-0.3, -0.25) is 4.79 Å². The largest absolute Gasteiger partial charge is 0.493 e. The summed E-state index contributed by atoms with van der Waals surface area (Å²) in [6.45, 7) is -0.0502. The number of alkyl halides is 3. The van der Waals surface area contributed by atoms with Crippen LogP contribution in [0.15, 0.2) is 66.7 Å². The average molecular weight is 428 g/mol. The molecule has 1 amide bonds. The maximum absolute atomic E-state index is 12.9. The van der Waals surface area contributed by atoms with Crippen LogP contribution in [0.5, 0.6) is 11.5 Å². The van der Waals surface area contributed by atoms with Crippen LogP contribution >= 0.6 is 0 Å². The van der Waals surface area contributed by atoms with Crippen molar-refractivity contribution in [3.63, 3.8) is 0 Å². The molecular weight excluding hydrogens is 409 g/mol. The number of nitrogens with one attached hydrogen (secondary N) is 2. The minimum Gasteiger partial charge on any atom is -0.493 e. The lowest BCUT2D eigenvalue weighted by Crippen LogP contribution is -2.38. The molecule has 160 valence electrons. The number of carbonyl (C=O) groups excluding carboxylic acids is 1. The zero-order valence-corrected chi connectivity index (χ0v) is 16.5. The van der Waals surface area contributed by atoms with E-state index in [9.17, 15) is 18.0 Å². The second kappa shape index (κ2) is 8.22. The van der Waals surface area contributed by atoms with E-state index in [1.807, 2.05) is 12.1 Å². The lowest BCUT2D eigenvalue weighted by Gasteiger charge is -2.28. The Morgan fingerprint density at radius 1 is 0.935 bits per heavy atom. The maximum Gasteiger partial charge on any atom is 0.416 e. The van der Waals surface area contributed by atoms with E-state index in [1.165, 1.54) is 13.2 Å². The SMILES string of the molecule is COc1cc([C@H]2NC(=O)c3ccccc3N2)ccc1OCc1cccc(C(F)(F)F)c1. The van der Waals surface area contributed by atoms with Crippen molar-refractivity contribution >= 4 is 11.6 Å². The molecule has 2 N–H and O–H groups in total. The van der Waals surface area contributed by atoms with Gasteiger partial charge >= 0.3 is 6.18 Å². The third kappa shape index (κ3) is 4.42. The van der Waals surface area contributed by atoms with Gasteiger partial charge in [0, 0.05) is 5.69 Å². The molecule has 0 aliphatic carbocycles. The summed E-state index contributed by atoms with van der Waals surface area (Å²) in [4.78, 5) is 12.4. The van der Waals surface area contributed by atoms with E-state index in [2.05, 4.69) is 10.6 Å². The molecule has 3 aromatic carbocycles. The number of ether oxygens (including phenoxy) is 2. The Morgan fingerprint density at radius 3 is 2.52 bits per heavy atom. The Kier molecular flexibility index (Phi) is 5.46. The summed E-state index contributed by atoms with van der Waals surface area (Å²) in [5.41, 5.74) is 1.69. The first kappa shape index (κ1) is 20.6. The molecule has 0 radical (unpaired) electrons. The molecule has 0 saturated heterocycles. The molecule has 0 aromatic heterocycles. The number of benzene rings is 3. The van der Waals surface area contributed by atoms with Gasteiger partial charge in [-0.15, -0.1) is 0 Å². The zero-order chi connectivity index (χ0) is 22.0. The minimum absolute atomic E-state index is 0.0502. The van der Waals surface area contributed by atoms with E-state index in [0.29, 0.717) is 22.6 Å². The molecule has 1 atom stereocenters. The van der Waals surface area contributed by atoms with Crippen molar-refractivity contribution < 1.29 is 27.4 Å². The molecule has 0 bridgehead atoms. The van der Waals surface area contributed by atoms with E-state index in [0.717, 1.165) is 23.4 Å². The fraction of sp³-hybridized carbons (Fsp3) is 0.174. The van der Waals surface area contributed by atoms with Crippen molar-refractivity contribution in [2.75, 3.05) is 12.4 Å². The van der Waals surface area contributed by atoms with Crippen LogP contribution in [0.25, 0.3) is 0 Å². The molecule has 1 heterocycles. The summed E-state index contributed by atoms with van der Waals surface area (Å²) in [7, 11) is 1.47. The summed E-state index contributed by atoms with van der Waals surface area (Å²) in [5, 5.41) is 6.14. The monoisotopic (exact) mass is 428 g/mol. The quantitative estimate of drug-likeness (QED) is 0.590. The fourth-order valence-electron chi connectivity index (χ4n) is 3.36. The van der Waals surface area contributed by atoms with Crippen molar-refractivity contribution in [1.82, 2.24) is 5.32 Å². The fourth-order valence-corrected chi connectivity index (χ4v) is 3.36. The van der Waals surface area contributed by atoms with Gasteiger partial charge in [0.1, 0.15) is 12.8 Å². The Balaban J connectivity index is 1.51. The van der Waals surface area contributed by atoms with E-state index >= 15 is 0 Å². The van der Waals surface area contributed by atoms with Crippen LogP contribution < -0.4 is 20.1 Å². The summed E-state index contributed by atoms with van der Waals surface area (Å²) in [6.07, 6.45) is -4.88. The maximum atomic E-state index is 12.9. The lowest BCUT2D eigenvalue weighted by molar-refractivity contribution is -0.137. The first-order valence-electron chi connectivity index (χ1n) is 9.48. The zero-order valence-electron chi connectivity index (χ0n) is 16.5. The highest BCUT2D eigenvalue weighted by Gasteiger charge is 2.30. The topological polar surface area (TPSA) is 59.6 Å². The molecule has 8 heteroatoms.